The molecule has 2 saturated heterocycles. The molecule has 0 radical (unpaired) electrons. The van der Waals surface area contributed by atoms with Gasteiger partial charge in [0.1, 0.15) is 5.56 Å². The molecule has 11 nitrogen and oxygen atoms in total. The van der Waals surface area contributed by atoms with E-state index in [0.717, 1.165) is 9.21 Å². The largest absolute Gasteiger partial charge is 0.494 e. The van der Waals surface area contributed by atoms with Gasteiger partial charge in [0, 0.05) is 47.5 Å². The van der Waals surface area contributed by atoms with E-state index in [1.807, 2.05) is 6.07 Å². The molecule has 2 aliphatic heterocycles. The van der Waals surface area contributed by atoms with Crippen molar-refractivity contribution in [1.29, 1.82) is 5.26 Å². The van der Waals surface area contributed by atoms with Gasteiger partial charge in [-0.05, 0) is 35.9 Å². The zero-order chi connectivity index (χ0) is 30.6. The molecule has 0 bridgehead atoms. The van der Waals surface area contributed by atoms with Crippen LogP contribution < -0.4 is 9.64 Å². The highest BCUT2D eigenvalue weighted by molar-refractivity contribution is 7.91. The third-order valence-electron chi connectivity index (χ3n) is 7.48. The Morgan fingerprint density at radius 2 is 1.79 bits per heavy atom. The van der Waals surface area contributed by atoms with Gasteiger partial charge in [-0.2, -0.15) is 9.57 Å². The van der Waals surface area contributed by atoms with E-state index in [-0.39, 0.29) is 50.9 Å². The standard InChI is InChI=1S/C27H22Cl2N4O7S2/c1-31-13-27(16-5-3-15(10-30)4-6-16)14-32(42(38,39)25-22(40-2)20(12-41-25)24(35)36)11-21(27)23(34)33(26(31)37)19-8-17(28)7-18(29)9-19/h3-9,12,21H,11,13-14H2,1-2H3,(H,35,36)/t21-,27-/m0/s1. The van der Waals surface area contributed by atoms with Crippen molar-refractivity contribution in [2.24, 2.45) is 5.92 Å². The Bertz CT molecular complexity index is 1750. The molecule has 15 heteroatoms. The summed E-state index contributed by atoms with van der Waals surface area (Å²) in [6.07, 6.45) is 0. The number of likely N-dealkylation sites (N-methyl/N-ethyl adjacent to an activating group) is 1. The highest BCUT2D eigenvalue weighted by atomic mass is 35.5. The van der Waals surface area contributed by atoms with Gasteiger partial charge in [0.15, 0.2) is 9.96 Å². The molecule has 5 rings (SSSR count). The van der Waals surface area contributed by atoms with Crippen LogP contribution in [0.3, 0.4) is 0 Å². The molecule has 218 valence electrons. The van der Waals surface area contributed by atoms with Gasteiger partial charge in [0.05, 0.1) is 30.3 Å². The molecule has 2 aromatic carbocycles. The van der Waals surface area contributed by atoms with E-state index in [9.17, 15) is 33.2 Å². The second-order valence-corrected chi connectivity index (χ2v) is 13.8. The molecule has 0 unspecified atom stereocenters. The quantitative estimate of drug-likeness (QED) is 0.416. The van der Waals surface area contributed by atoms with Gasteiger partial charge in [-0.25, -0.2) is 22.9 Å². The molecular weight excluding hydrogens is 627 g/mol. The number of carboxylic acid groups (broad SMARTS) is 1. The summed E-state index contributed by atoms with van der Waals surface area (Å²) in [7, 11) is -1.70. The third-order valence-corrected chi connectivity index (χ3v) is 11.2. The Labute approximate surface area is 255 Å². The average molecular weight is 650 g/mol. The number of nitrogens with zero attached hydrogens (tertiary/aromatic N) is 4. The van der Waals surface area contributed by atoms with Gasteiger partial charge in [0.2, 0.25) is 5.91 Å². The number of fused-ring (bicyclic) bond motifs is 1. The highest BCUT2D eigenvalue weighted by Gasteiger charge is 2.59. The molecule has 2 atom stereocenters. The van der Waals surface area contributed by atoms with Crippen LogP contribution in [0.25, 0.3) is 0 Å². The number of benzene rings is 2. The first-order chi connectivity index (χ1) is 19.8. The summed E-state index contributed by atoms with van der Waals surface area (Å²) in [5.74, 6) is -3.40. The Hall–Kier alpha value is -3.67. The fraction of sp³-hybridized carbons (Fsp3) is 0.259. The Morgan fingerprint density at radius 1 is 1.14 bits per heavy atom. The Morgan fingerprint density at radius 3 is 2.36 bits per heavy atom. The van der Waals surface area contributed by atoms with Crippen molar-refractivity contribution in [1.82, 2.24) is 9.21 Å². The zero-order valence-corrected chi connectivity index (χ0v) is 25.2. The van der Waals surface area contributed by atoms with E-state index < -0.39 is 39.3 Å². The minimum absolute atomic E-state index is 0.0487. The van der Waals surface area contributed by atoms with Gasteiger partial charge in [0.25, 0.3) is 10.0 Å². The lowest BCUT2D eigenvalue weighted by molar-refractivity contribution is -0.122. The number of nitriles is 1. The van der Waals surface area contributed by atoms with Gasteiger partial charge < -0.3 is 14.7 Å². The summed E-state index contributed by atoms with van der Waals surface area (Å²) in [6.45, 7) is -0.591. The van der Waals surface area contributed by atoms with Gasteiger partial charge in [-0.3, -0.25) is 4.79 Å². The molecule has 0 spiro atoms. The number of carbonyl (C=O) groups is 3. The van der Waals surface area contributed by atoms with Crippen LogP contribution >= 0.6 is 34.5 Å². The highest BCUT2D eigenvalue weighted by Crippen LogP contribution is 2.47. The number of amides is 3. The van der Waals surface area contributed by atoms with Crippen molar-refractivity contribution in [3.8, 4) is 11.8 Å². The SMILES string of the molecule is COc1c(C(=O)O)csc1S(=O)(=O)N1C[C@H]2C(=O)N(c3cc(Cl)cc(Cl)c3)C(=O)N(C)C[C@@]2(c2ccc(C#N)cc2)C1. The van der Waals surface area contributed by atoms with Crippen LogP contribution in [0, 0.1) is 17.2 Å². The first-order valence-corrected chi connectivity index (χ1v) is 15.4. The first-order valence-electron chi connectivity index (χ1n) is 12.3. The van der Waals surface area contributed by atoms with Gasteiger partial charge >= 0.3 is 12.0 Å². The summed E-state index contributed by atoms with van der Waals surface area (Å²) in [5.41, 5.74) is -0.510. The van der Waals surface area contributed by atoms with Crippen molar-refractivity contribution in [2.45, 2.75) is 9.62 Å². The molecule has 0 aliphatic carbocycles. The maximum atomic E-state index is 14.4. The minimum atomic E-state index is -4.38. The molecular formula is C27H22Cl2N4O7S2. The molecule has 2 aliphatic rings. The molecule has 42 heavy (non-hydrogen) atoms. The lowest BCUT2D eigenvalue weighted by Crippen LogP contribution is -2.46. The van der Waals surface area contributed by atoms with Crippen molar-refractivity contribution in [2.75, 3.05) is 38.7 Å². The van der Waals surface area contributed by atoms with E-state index in [1.165, 1.54) is 42.6 Å². The van der Waals surface area contributed by atoms with Crippen LogP contribution in [0.15, 0.2) is 52.1 Å². The lowest BCUT2D eigenvalue weighted by atomic mass is 9.71. The predicted molar refractivity (Wildman–Crippen MR) is 155 cm³/mol. The van der Waals surface area contributed by atoms with E-state index in [4.69, 9.17) is 27.9 Å². The number of imide groups is 1. The number of thiophene rings is 1. The number of urea groups is 1. The first kappa shape index (κ1) is 29.8. The molecule has 0 saturated carbocycles. The number of methoxy groups -OCH3 is 1. The van der Waals surface area contributed by atoms with Crippen LogP contribution in [-0.4, -0.2) is 74.4 Å². The molecule has 1 aromatic heterocycles. The lowest BCUT2D eigenvalue weighted by Gasteiger charge is -2.34. The number of sulfonamides is 1. The van der Waals surface area contributed by atoms with E-state index in [0.29, 0.717) is 22.5 Å². The summed E-state index contributed by atoms with van der Waals surface area (Å²) in [4.78, 5) is 41.9. The second-order valence-electron chi connectivity index (χ2n) is 9.91. The molecule has 1 N–H and O–H groups in total. The number of aromatic carboxylic acids is 1. The van der Waals surface area contributed by atoms with Crippen LogP contribution in [0.2, 0.25) is 10.0 Å². The zero-order valence-electron chi connectivity index (χ0n) is 22.1. The third kappa shape index (κ3) is 4.79. The fourth-order valence-electron chi connectivity index (χ4n) is 5.57. The number of halogens is 2. The summed E-state index contributed by atoms with van der Waals surface area (Å²) >= 11 is 13.1. The second kappa shape index (κ2) is 10.9. The van der Waals surface area contributed by atoms with Crippen LogP contribution in [0.4, 0.5) is 10.5 Å². The van der Waals surface area contributed by atoms with Gasteiger partial charge in [-0.15, -0.1) is 11.3 Å². The Balaban J connectivity index is 1.68. The normalized spacial score (nSPS) is 21.2. The summed E-state index contributed by atoms with van der Waals surface area (Å²) < 4.78 is 34.0. The molecule has 3 heterocycles. The topological polar surface area (TPSA) is 148 Å². The average Bonchev–Trinajstić information content (AvgIpc) is 3.54. The number of ether oxygens (including phenoxy) is 1. The molecule has 3 amide bonds. The van der Waals surface area contributed by atoms with Crippen LogP contribution in [0.5, 0.6) is 5.75 Å². The smallest absolute Gasteiger partial charge is 0.340 e. The van der Waals surface area contributed by atoms with E-state index in [2.05, 4.69) is 0 Å². The number of carboxylic acids is 1. The monoisotopic (exact) mass is 648 g/mol. The summed E-state index contributed by atoms with van der Waals surface area (Å²) in [5, 5.41) is 20.4. The van der Waals surface area contributed by atoms with Crippen molar-refractivity contribution >= 4 is 68.2 Å². The van der Waals surface area contributed by atoms with Crippen molar-refractivity contribution in [3.05, 3.63) is 74.6 Å². The minimum Gasteiger partial charge on any atom is -0.494 e. The van der Waals surface area contributed by atoms with E-state index in [1.54, 1.807) is 24.3 Å². The number of anilines is 1. The number of rotatable bonds is 6. The van der Waals surface area contributed by atoms with Crippen LogP contribution in [-0.2, 0) is 20.2 Å². The predicted octanol–water partition coefficient (Wildman–Crippen LogP) is 4.29. The Kier molecular flexibility index (Phi) is 7.71. The maximum absolute atomic E-state index is 14.4. The number of hydrogen-bond acceptors (Lipinski definition) is 8. The molecule has 2 fully saturated rings. The number of hydrogen-bond donors (Lipinski definition) is 1. The van der Waals surface area contributed by atoms with Crippen molar-refractivity contribution < 1.29 is 32.6 Å². The molecule has 3 aromatic rings. The van der Waals surface area contributed by atoms with Gasteiger partial charge in [-0.1, -0.05) is 35.3 Å². The fourth-order valence-corrected chi connectivity index (χ4v) is 9.17. The van der Waals surface area contributed by atoms with Crippen molar-refractivity contribution in [3.63, 3.8) is 0 Å². The maximum Gasteiger partial charge on any atom is 0.340 e. The number of carbonyl (C=O) groups excluding carboxylic acids is 2. The van der Waals surface area contributed by atoms with Crippen LogP contribution in [0.1, 0.15) is 21.5 Å². The van der Waals surface area contributed by atoms with E-state index >= 15 is 0 Å². The summed E-state index contributed by atoms with van der Waals surface area (Å²) in [6, 6.07) is 12.1.